The van der Waals surface area contributed by atoms with Crippen LogP contribution in [0.2, 0.25) is 10.0 Å². The lowest BCUT2D eigenvalue weighted by molar-refractivity contribution is -0.117. The average molecular weight is 313 g/mol. The molecule has 1 unspecified atom stereocenters. The summed E-state index contributed by atoms with van der Waals surface area (Å²) in [6.45, 7) is 0.282. The Bertz CT molecular complexity index is 489. The molecule has 1 amide bonds. The third kappa shape index (κ3) is 2.29. The number of rotatable bonds is 2. The first kappa shape index (κ1) is 13.8. The predicted molar refractivity (Wildman–Crippen MR) is 68.5 cm³/mol. The van der Waals surface area contributed by atoms with E-state index in [-0.39, 0.29) is 30.5 Å². The van der Waals surface area contributed by atoms with Crippen LogP contribution in [-0.4, -0.2) is 23.2 Å². The highest BCUT2D eigenvalue weighted by molar-refractivity contribution is 7.80. The molecular weight excluding hydrogens is 305 g/mol. The van der Waals surface area contributed by atoms with Crippen molar-refractivity contribution in [2.75, 3.05) is 17.2 Å². The van der Waals surface area contributed by atoms with Gasteiger partial charge in [-0.2, -0.15) is 26.4 Å². The molecule has 0 saturated carbocycles. The van der Waals surface area contributed by atoms with E-state index in [0.29, 0.717) is 5.75 Å². The summed E-state index contributed by atoms with van der Waals surface area (Å²) >= 11 is 15.5. The summed E-state index contributed by atoms with van der Waals surface area (Å²) < 4.78 is 26.6. The van der Waals surface area contributed by atoms with Gasteiger partial charge in [-0.3, -0.25) is 4.79 Å². The predicted octanol–water partition coefficient (Wildman–Crippen LogP) is 2.95. The average Bonchev–Trinajstić information content (AvgIpc) is 2.69. The van der Waals surface area contributed by atoms with Crippen LogP contribution < -0.4 is 4.90 Å². The Balaban J connectivity index is 2.48. The Kier molecular flexibility index (Phi) is 3.99. The topological polar surface area (TPSA) is 33.2 Å². The van der Waals surface area contributed by atoms with Crippen LogP contribution in [0.4, 0.5) is 14.5 Å². The highest BCUT2D eigenvalue weighted by atomic mass is 35.5. The molecule has 98 valence electrons. The fourth-order valence-electron chi connectivity index (χ4n) is 1.83. The Morgan fingerprint density at radius 1 is 1.33 bits per heavy atom. The van der Waals surface area contributed by atoms with Gasteiger partial charge >= 0.3 is 0 Å². The van der Waals surface area contributed by atoms with Crippen LogP contribution in [-0.2, 0) is 4.79 Å². The maximum atomic E-state index is 13.3. The summed E-state index contributed by atoms with van der Waals surface area (Å²) in [4.78, 5) is 15.9. The monoisotopic (exact) mass is 312 g/mol. The molecule has 3 nitrogen and oxygen atoms in total. The second-order valence-electron chi connectivity index (χ2n) is 3.93. The summed E-state index contributed by atoms with van der Waals surface area (Å²) in [5.41, 5.74) is -0.155. The molecule has 1 fully saturated rings. The largest absolute Gasteiger partial charge is 0.309 e. The van der Waals surface area contributed by atoms with Crippen molar-refractivity contribution in [3.63, 3.8) is 0 Å². The van der Waals surface area contributed by atoms with Gasteiger partial charge in [0.2, 0.25) is 17.8 Å². The molecule has 0 aliphatic carbocycles. The van der Waals surface area contributed by atoms with Crippen LogP contribution in [0, 0.1) is 17.8 Å². The molecule has 8 heteroatoms. The minimum absolute atomic E-state index is 0.00672. The first-order valence-electron chi connectivity index (χ1n) is 5.07. The van der Waals surface area contributed by atoms with Gasteiger partial charge in [-0.05, 0) is 11.7 Å². The molecule has 0 radical (unpaired) electrons. The standard InChI is InChI=1S/C10H8Cl2F2N2OS/c11-6-8(7(12)10(14)15-9(6)13)16-2-4(3-18)1-5(16)17/h4,18H,1-3H2. The second-order valence-corrected chi connectivity index (χ2v) is 5.05. The molecule has 1 aromatic rings. The summed E-state index contributed by atoms with van der Waals surface area (Å²) in [7, 11) is 0. The van der Waals surface area contributed by atoms with Crippen molar-refractivity contribution in [3.8, 4) is 0 Å². The van der Waals surface area contributed by atoms with Crippen LogP contribution in [0.3, 0.4) is 0 Å². The fourth-order valence-corrected chi connectivity index (χ4v) is 2.60. The van der Waals surface area contributed by atoms with E-state index in [4.69, 9.17) is 23.2 Å². The van der Waals surface area contributed by atoms with Gasteiger partial charge in [0.1, 0.15) is 10.0 Å². The minimum Gasteiger partial charge on any atom is -0.309 e. The number of amides is 1. The molecule has 18 heavy (non-hydrogen) atoms. The zero-order valence-corrected chi connectivity index (χ0v) is 11.4. The number of aromatic nitrogens is 1. The van der Waals surface area contributed by atoms with Crippen LogP contribution in [0.5, 0.6) is 0 Å². The van der Waals surface area contributed by atoms with Crippen molar-refractivity contribution in [1.82, 2.24) is 4.98 Å². The van der Waals surface area contributed by atoms with Crippen molar-refractivity contribution in [3.05, 3.63) is 21.9 Å². The van der Waals surface area contributed by atoms with Gasteiger partial charge in [-0.1, -0.05) is 23.2 Å². The number of halogens is 4. The van der Waals surface area contributed by atoms with E-state index in [1.165, 1.54) is 4.90 Å². The lowest BCUT2D eigenvalue weighted by Gasteiger charge is -2.19. The molecule has 1 aliphatic rings. The molecule has 2 rings (SSSR count). The van der Waals surface area contributed by atoms with E-state index >= 15 is 0 Å². The van der Waals surface area contributed by atoms with E-state index in [0.717, 1.165) is 0 Å². The van der Waals surface area contributed by atoms with Crippen molar-refractivity contribution in [1.29, 1.82) is 0 Å². The van der Waals surface area contributed by atoms with Gasteiger partial charge in [0, 0.05) is 13.0 Å². The molecular formula is C10H8Cl2F2N2OS. The Morgan fingerprint density at radius 3 is 2.33 bits per heavy atom. The van der Waals surface area contributed by atoms with Crippen LogP contribution in [0.15, 0.2) is 0 Å². The first-order chi connectivity index (χ1) is 8.45. The van der Waals surface area contributed by atoms with Crippen LogP contribution in [0.1, 0.15) is 6.42 Å². The van der Waals surface area contributed by atoms with Gasteiger partial charge in [0.15, 0.2) is 0 Å². The molecule has 0 N–H and O–H groups in total. The fraction of sp³-hybridized carbons (Fsp3) is 0.400. The van der Waals surface area contributed by atoms with Crippen molar-refractivity contribution in [2.24, 2.45) is 5.92 Å². The van der Waals surface area contributed by atoms with Crippen LogP contribution >= 0.6 is 35.8 Å². The normalized spacial score (nSPS) is 19.7. The van der Waals surface area contributed by atoms with Crippen LogP contribution in [0.25, 0.3) is 0 Å². The van der Waals surface area contributed by atoms with Gasteiger partial charge in [0.05, 0.1) is 5.69 Å². The third-order valence-electron chi connectivity index (χ3n) is 2.71. The second kappa shape index (κ2) is 5.19. The van der Waals surface area contributed by atoms with Crippen molar-refractivity contribution in [2.45, 2.75) is 6.42 Å². The maximum Gasteiger partial charge on any atom is 0.236 e. The number of hydrogen-bond acceptors (Lipinski definition) is 3. The summed E-state index contributed by atoms with van der Waals surface area (Å²) in [5, 5.41) is -0.899. The Morgan fingerprint density at radius 2 is 1.89 bits per heavy atom. The molecule has 1 aliphatic heterocycles. The number of thiol groups is 1. The van der Waals surface area contributed by atoms with E-state index < -0.39 is 21.9 Å². The molecule has 2 heterocycles. The number of anilines is 1. The van der Waals surface area contributed by atoms with E-state index in [2.05, 4.69) is 17.6 Å². The van der Waals surface area contributed by atoms with Gasteiger partial charge in [-0.25, -0.2) is 0 Å². The van der Waals surface area contributed by atoms with Crippen molar-refractivity contribution >= 4 is 47.4 Å². The molecule has 0 aromatic carbocycles. The maximum absolute atomic E-state index is 13.3. The van der Waals surface area contributed by atoms with Gasteiger partial charge in [-0.15, -0.1) is 0 Å². The third-order valence-corrected chi connectivity index (χ3v) is 3.89. The lowest BCUT2D eigenvalue weighted by atomic mass is 10.1. The number of pyridine rings is 1. The van der Waals surface area contributed by atoms with E-state index in [9.17, 15) is 13.6 Å². The summed E-state index contributed by atoms with van der Waals surface area (Å²) in [6.07, 6.45) is 0.252. The lowest BCUT2D eigenvalue weighted by Crippen LogP contribution is -2.26. The smallest absolute Gasteiger partial charge is 0.236 e. The molecule has 0 spiro atoms. The summed E-state index contributed by atoms with van der Waals surface area (Å²) in [6, 6.07) is 0. The van der Waals surface area contributed by atoms with E-state index in [1.54, 1.807) is 0 Å². The Hall–Kier alpha value is -0.590. The Labute approximate surface area is 117 Å². The van der Waals surface area contributed by atoms with E-state index in [1.807, 2.05) is 0 Å². The number of carbonyl (C=O) groups is 1. The van der Waals surface area contributed by atoms with Crippen molar-refractivity contribution < 1.29 is 13.6 Å². The molecule has 1 atom stereocenters. The number of carbonyl (C=O) groups excluding carboxylic acids is 1. The van der Waals surface area contributed by atoms with Gasteiger partial charge in [0.25, 0.3) is 0 Å². The molecule has 1 aromatic heterocycles. The highest BCUT2D eigenvalue weighted by Gasteiger charge is 2.34. The quantitative estimate of drug-likeness (QED) is 0.673. The summed E-state index contributed by atoms with van der Waals surface area (Å²) in [5.74, 6) is -2.16. The first-order valence-corrected chi connectivity index (χ1v) is 6.45. The molecule has 0 bridgehead atoms. The number of hydrogen-bond donors (Lipinski definition) is 1. The van der Waals surface area contributed by atoms with Gasteiger partial charge < -0.3 is 4.90 Å². The SMILES string of the molecule is O=C1CC(CS)CN1c1c(Cl)c(F)nc(F)c1Cl. The zero-order valence-electron chi connectivity index (χ0n) is 8.96. The minimum atomic E-state index is -1.18. The number of nitrogens with zero attached hydrogens (tertiary/aromatic N) is 2. The highest BCUT2D eigenvalue weighted by Crippen LogP contribution is 2.39. The molecule has 1 saturated heterocycles. The zero-order chi connectivity index (χ0) is 13.4.